The average molecular weight is 229 g/mol. The molecule has 1 aromatic carbocycles. The number of hydrogen-bond donors (Lipinski definition) is 0. The van der Waals surface area contributed by atoms with Gasteiger partial charge in [-0.1, -0.05) is 18.2 Å². The first-order chi connectivity index (χ1) is 8.07. The smallest absolute Gasteiger partial charge is 0.299 e. The number of aryl methyl sites for hydroxylation is 2. The van der Waals surface area contributed by atoms with E-state index in [4.69, 9.17) is 0 Å². The van der Waals surface area contributed by atoms with Gasteiger partial charge in [-0.3, -0.25) is 9.59 Å². The molecule has 0 spiro atoms. The van der Waals surface area contributed by atoms with E-state index in [1.807, 2.05) is 26.0 Å². The number of fused-ring (bicyclic) bond motifs is 1. The summed E-state index contributed by atoms with van der Waals surface area (Å²) in [4.78, 5) is 25.4. The van der Waals surface area contributed by atoms with Crippen LogP contribution < -0.4 is 4.90 Å². The molecule has 1 aliphatic rings. The normalized spacial score (nSPS) is 14.1. The minimum absolute atomic E-state index is 0.384. The Labute approximate surface area is 101 Å². The van der Waals surface area contributed by atoms with Crippen LogP contribution in [0.3, 0.4) is 0 Å². The molecule has 1 amide bonds. The van der Waals surface area contributed by atoms with Gasteiger partial charge < -0.3 is 4.90 Å². The molecule has 0 unspecified atom stereocenters. The van der Waals surface area contributed by atoms with E-state index in [1.165, 1.54) is 0 Å². The number of carbonyl (C=O) groups excluding carboxylic acids is 2. The Kier molecular flexibility index (Phi) is 2.84. The van der Waals surface area contributed by atoms with Gasteiger partial charge in [0.05, 0.1) is 11.3 Å². The van der Waals surface area contributed by atoms with Crippen molar-refractivity contribution < 1.29 is 9.59 Å². The maximum Gasteiger partial charge on any atom is 0.299 e. The highest BCUT2D eigenvalue weighted by Crippen LogP contribution is 2.34. The number of rotatable bonds is 3. The molecule has 0 aromatic heterocycles. The van der Waals surface area contributed by atoms with Crippen LogP contribution in [-0.2, 0) is 4.79 Å². The third-order valence-corrected chi connectivity index (χ3v) is 3.08. The third kappa shape index (κ3) is 1.68. The van der Waals surface area contributed by atoms with Crippen molar-refractivity contribution >= 4 is 17.4 Å². The fraction of sp³-hybridized carbons (Fsp3) is 0.286. The summed E-state index contributed by atoms with van der Waals surface area (Å²) in [5.74, 6) is -0.801. The largest absolute Gasteiger partial charge is 0.304 e. The lowest BCUT2D eigenvalue weighted by Gasteiger charge is -2.17. The molecule has 0 saturated heterocycles. The van der Waals surface area contributed by atoms with Crippen molar-refractivity contribution in [1.82, 2.24) is 0 Å². The van der Waals surface area contributed by atoms with Crippen LogP contribution in [0.25, 0.3) is 0 Å². The number of nitrogens with zero attached hydrogens (tertiary/aromatic N) is 1. The monoisotopic (exact) mass is 229 g/mol. The van der Waals surface area contributed by atoms with Crippen LogP contribution in [-0.4, -0.2) is 18.2 Å². The van der Waals surface area contributed by atoms with Gasteiger partial charge in [0.2, 0.25) is 0 Å². The molecular formula is C14H15NO2. The van der Waals surface area contributed by atoms with E-state index in [-0.39, 0.29) is 5.78 Å². The number of ketones is 1. The zero-order valence-electron chi connectivity index (χ0n) is 10.1. The van der Waals surface area contributed by atoms with Crippen LogP contribution >= 0.6 is 0 Å². The Balaban J connectivity index is 2.55. The molecule has 0 atom stereocenters. The number of hydrogen-bond acceptors (Lipinski definition) is 2. The van der Waals surface area contributed by atoms with Crippen molar-refractivity contribution in [2.45, 2.75) is 20.3 Å². The summed E-state index contributed by atoms with van der Waals surface area (Å²) < 4.78 is 0. The standard InChI is InChI=1S/C14H15NO2/c1-4-5-8-15-12-10(3)7-6-9(2)11(12)13(16)14(15)17/h4,6-7H,1,5,8H2,2-3H3. The Morgan fingerprint density at radius 3 is 2.53 bits per heavy atom. The number of benzene rings is 1. The second-order valence-corrected chi connectivity index (χ2v) is 4.29. The lowest BCUT2D eigenvalue weighted by atomic mass is 10.0. The van der Waals surface area contributed by atoms with E-state index in [9.17, 15) is 9.59 Å². The number of anilines is 1. The highest BCUT2D eigenvalue weighted by Gasteiger charge is 2.37. The van der Waals surface area contributed by atoms with E-state index >= 15 is 0 Å². The molecule has 1 aromatic rings. The number of Topliss-reactive ketones (excluding diaryl/α,β-unsaturated/α-hetero) is 1. The van der Waals surface area contributed by atoms with Crippen molar-refractivity contribution in [3.63, 3.8) is 0 Å². The third-order valence-electron chi connectivity index (χ3n) is 3.08. The van der Waals surface area contributed by atoms with Gasteiger partial charge in [0.25, 0.3) is 11.7 Å². The summed E-state index contributed by atoms with van der Waals surface area (Å²) in [5.41, 5.74) is 3.18. The fourth-order valence-corrected chi connectivity index (χ4v) is 2.20. The summed E-state index contributed by atoms with van der Waals surface area (Å²) in [6.07, 6.45) is 2.44. The van der Waals surface area contributed by atoms with E-state index in [0.29, 0.717) is 18.5 Å². The molecule has 3 heteroatoms. The first-order valence-electron chi connectivity index (χ1n) is 5.65. The van der Waals surface area contributed by atoms with Crippen LogP contribution in [0.1, 0.15) is 27.9 Å². The second kappa shape index (κ2) is 4.17. The summed E-state index contributed by atoms with van der Waals surface area (Å²) in [5, 5.41) is 0. The topological polar surface area (TPSA) is 37.4 Å². The van der Waals surface area contributed by atoms with Crippen LogP contribution in [0.4, 0.5) is 5.69 Å². The average Bonchev–Trinajstić information content (AvgIpc) is 2.56. The molecule has 0 saturated carbocycles. The molecular weight excluding hydrogens is 214 g/mol. The fourth-order valence-electron chi connectivity index (χ4n) is 2.20. The molecule has 0 fully saturated rings. The first kappa shape index (κ1) is 11.6. The van der Waals surface area contributed by atoms with Gasteiger partial charge >= 0.3 is 0 Å². The van der Waals surface area contributed by atoms with Crippen LogP contribution in [0.2, 0.25) is 0 Å². The van der Waals surface area contributed by atoms with E-state index in [1.54, 1.807) is 11.0 Å². The van der Waals surface area contributed by atoms with E-state index in [2.05, 4.69) is 6.58 Å². The molecule has 1 aliphatic heterocycles. The zero-order chi connectivity index (χ0) is 12.6. The van der Waals surface area contributed by atoms with Gasteiger partial charge in [0, 0.05) is 6.54 Å². The van der Waals surface area contributed by atoms with E-state index < -0.39 is 5.91 Å². The van der Waals surface area contributed by atoms with Crippen molar-refractivity contribution in [3.8, 4) is 0 Å². The van der Waals surface area contributed by atoms with Gasteiger partial charge in [-0.2, -0.15) is 0 Å². The maximum absolute atomic E-state index is 11.9. The van der Waals surface area contributed by atoms with Crippen LogP contribution in [0, 0.1) is 13.8 Å². The summed E-state index contributed by atoms with van der Waals surface area (Å²) in [6, 6.07) is 3.83. The van der Waals surface area contributed by atoms with Gasteiger partial charge in [0.15, 0.2) is 0 Å². The Bertz CT molecular complexity index is 517. The van der Waals surface area contributed by atoms with Crippen LogP contribution in [0.15, 0.2) is 24.8 Å². The predicted octanol–water partition coefficient (Wildman–Crippen LogP) is 2.41. The minimum Gasteiger partial charge on any atom is -0.304 e. The Morgan fingerprint density at radius 1 is 1.24 bits per heavy atom. The molecule has 0 bridgehead atoms. The van der Waals surface area contributed by atoms with Gasteiger partial charge in [-0.25, -0.2) is 0 Å². The van der Waals surface area contributed by atoms with Crippen molar-refractivity contribution in [2.75, 3.05) is 11.4 Å². The predicted molar refractivity (Wildman–Crippen MR) is 67.4 cm³/mol. The van der Waals surface area contributed by atoms with Crippen LogP contribution in [0.5, 0.6) is 0 Å². The molecule has 1 heterocycles. The quantitative estimate of drug-likeness (QED) is 0.589. The molecule has 0 aliphatic carbocycles. The molecule has 88 valence electrons. The second-order valence-electron chi connectivity index (χ2n) is 4.29. The maximum atomic E-state index is 11.9. The summed E-state index contributed by atoms with van der Waals surface area (Å²) in [7, 11) is 0. The summed E-state index contributed by atoms with van der Waals surface area (Å²) in [6.45, 7) is 7.94. The molecule has 17 heavy (non-hydrogen) atoms. The van der Waals surface area contributed by atoms with Crippen molar-refractivity contribution in [3.05, 3.63) is 41.5 Å². The molecule has 3 nitrogen and oxygen atoms in total. The van der Waals surface area contributed by atoms with Crippen molar-refractivity contribution in [2.24, 2.45) is 0 Å². The highest BCUT2D eigenvalue weighted by molar-refractivity contribution is 6.52. The lowest BCUT2D eigenvalue weighted by molar-refractivity contribution is -0.114. The van der Waals surface area contributed by atoms with E-state index in [0.717, 1.165) is 16.8 Å². The minimum atomic E-state index is -0.417. The molecule has 2 rings (SSSR count). The van der Waals surface area contributed by atoms with Crippen molar-refractivity contribution in [1.29, 1.82) is 0 Å². The highest BCUT2D eigenvalue weighted by atomic mass is 16.2. The van der Waals surface area contributed by atoms with Gasteiger partial charge in [-0.15, -0.1) is 6.58 Å². The number of carbonyl (C=O) groups is 2. The van der Waals surface area contributed by atoms with Gasteiger partial charge in [-0.05, 0) is 31.4 Å². The lowest BCUT2D eigenvalue weighted by Crippen LogP contribution is -2.30. The molecule has 0 radical (unpaired) electrons. The Hall–Kier alpha value is -1.90. The zero-order valence-corrected chi connectivity index (χ0v) is 10.1. The first-order valence-corrected chi connectivity index (χ1v) is 5.65. The van der Waals surface area contributed by atoms with Gasteiger partial charge in [0.1, 0.15) is 0 Å². The SMILES string of the molecule is C=CCCN1C(=O)C(=O)c2c(C)ccc(C)c21. The summed E-state index contributed by atoms with van der Waals surface area (Å²) >= 11 is 0. The molecule has 0 N–H and O–H groups in total. The Morgan fingerprint density at radius 2 is 1.88 bits per heavy atom. The number of amides is 1.